The van der Waals surface area contributed by atoms with Crippen LogP contribution in [0.15, 0.2) is 34.0 Å². The normalized spacial score (nSPS) is 14.1. The first-order valence-electron chi connectivity index (χ1n) is 7.50. The molecule has 1 aromatic carbocycles. The Morgan fingerprint density at radius 3 is 2.83 bits per heavy atom. The molecule has 0 aliphatic heterocycles. The maximum atomic E-state index is 4.73. The number of thiazole rings is 1. The Labute approximate surface area is 147 Å². The van der Waals surface area contributed by atoms with Gasteiger partial charge in [-0.25, -0.2) is 4.98 Å². The zero-order valence-electron chi connectivity index (χ0n) is 12.7. The first kappa shape index (κ1) is 15.1. The Balaban J connectivity index is 1.37. The highest BCUT2D eigenvalue weighted by Crippen LogP contribution is 2.32. The van der Waals surface area contributed by atoms with Crippen LogP contribution in [0.2, 0.25) is 0 Å². The predicted molar refractivity (Wildman–Crippen MR) is 98.4 cm³/mol. The number of hydrogen-bond donors (Lipinski definition) is 1. The summed E-state index contributed by atoms with van der Waals surface area (Å²) in [6.07, 6.45) is 2.51. The molecule has 0 radical (unpaired) electrons. The zero-order chi connectivity index (χ0) is 15.6. The topological polar surface area (TPSA) is 50.7 Å². The van der Waals surface area contributed by atoms with E-state index in [1.54, 1.807) is 34.4 Å². The third-order valence-corrected chi connectivity index (χ3v) is 6.47. The summed E-state index contributed by atoms with van der Waals surface area (Å²) in [4.78, 5) is 4.73. The van der Waals surface area contributed by atoms with Crippen molar-refractivity contribution in [1.82, 2.24) is 15.2 Å². The van der Waals surface area contributed by atoms with Gasteiger partial charge in [-0.3, -0.25) is 0 Å². The molecular weight excluding hydrogens is 344 g/mol. The number of aromatic nitrogens is 3. The van der Waals surface area contributed by atoms with Crippen molar-refractivity contribution in [3.63, 3.8) is 0 Å². The van der Waals surface area contributed by atoms with Crippen molar-refractivity contribution in [3.05, 3.63) is 40.9 Å². The Morgan fingerprint density at radius 1 is 1.22 bits per heavy atom. The van der Waals surface area contributed by atoms with Crippen LogP contribution in [0.1, 0.15) is 24.1 Å². The molecule has 1 fully saturated rings. The molecule has 23 heavy (non-hydrogen) atoms. The minimum Gasteiger partial charge on any atom is -0.357 e. The molecule has 0 saturated heterocycles. The largest absolute Gasteiger partial charge is 0.357 e. The van der Waals surface area contributed by atoms with E-state index in [1.165, 1.54) is 24.0 Å². The molecule has 0 unspecified atom stereocenters. The van der Waals surface area contributed by atoms with E-state index in [0.717, 1.165) is 25.9 Å². The molecule has 0 spiro atoms. The summed E-state index contributed by atoms with van der Waals surface area (Å²) < 4.78 is 0.998. The van der Waals surface area contributed by atoms with Gasteiger partial charge >= 0.3 is 0 Å². The number of rotatable bonds is 6. The maximum Gasteiger partial charge on any atom is 0.206 e. The van der Waals surface area contributed by atoms with Crippen molar-refractivity contribution in [2.45, 2.75) is 35.9 Å². The lowest BCUT2D eigenvalue weighted by Crippen LogP contribution is -1.99. The van der Waals surface area contributed by atoms with Gasteiger partial charge in [-0.1, -0.05) is 52.9 Å². The first-order valence-corrected chi connectivity index (χ1v) is 10.2. The van der Waals surface area contributed by atoms with Crippen LogP contribution in [0.25, 0.3) is 10.6 Å². The van der Waals surface area contributed by atoms with E-state index in [9.17, 15) is 0 Å². The van der Waals surface area contributed by atoms with Crippen LogP contribution < -0.4 is 5.32 Å². The molecule has 0 atom stereocenters. The van der Waals surface area contributed by atoms with Gasteiger partial charge in [0.05, 0.1) is 5.69 Å². The highest BCUT2D eigenvalue weighted by atomic mass is 32.2. The van der Waals surface area contributed by atoms with Crippen molar-refractivity contribution in [2.75, 3.05) is 5.32 Å². The Bertz CT molecular complexity index is 790. The van der Waals surface area contributed by atoms with E-state index in [1.807, 2.05) is 0 Å². The van der Waals surface area contributed by atoms with Crippen molar-refractivity contribution >= 4 is 39.6 Å². The lowest BCUT2D eigenvalue weighted by Gasteiger charge is -1.97. The summed E-state index contributed by atoms with van der Waals surface area (Å²) >= 11 is 5.03. The Hall–Kier alpha value is -1.44. The highest BCUT2D eigenvalue weighted by Gasteiger charge is 2.22. The van der Waals surface area contributed by atoms with Gasteiger partial charge in [0, 0.05) is 22.7 Å². The quantitative estimate of drug-likeness (QED) is 0.638. The van der Waals surface area contributed by atoms with Crippen LogP contribution in [0.3, 0.4) is 0 Å². The molecule has 2 heterocycles. The summed E-state index contributed by atoms with van der Waals surface area (Å²) in [6, 6.07) is 9.13. The third-order valence-electron chi connectivity index (χ3n) is 3.51. The predicted octanol–water partition coefficient (Wildman–Crippen LogP) is 4.84. The fourth-order valence-corrected chi connectivity index (χ4v) is 4.72. The van der Waals surface area contributed by atoms with Gasteiger partial charge < -0.3 is 5.32 Å². The monoisotopic (exact) mass is 360 g/mol. The summed E-state index contributed by atoms with van der Waals surface area (Å²) in [5.74, 6) is 0.834. The second-order valence-electron chi connectivity index (χ2n) is 5.59. The minimum absolute atomic E-state index is 0.622. The molecule has 4 rings (SSSR count). The fourth-order valence-electron chi connectivity index (χ4n) is 2.07. The van der Waals surface area contributed by atoms with E-state index in [4.69, 9.17) is 4.98 Å². The van der Waals surface area contributed by atoms with Crippen molar-refractivity contribution in [2.24, 2.45) is 0 Å². The van der Waals surface area contributed by atoms with Crippen molar-refractivity contribution in [1.29, 1.82) is 0 Å². The number of aryl methyl sites for hydroxylation is 1. The number of hydrogen-bond acceptors (Lipinski definition) is 7. The van der Waals surface area contributed by atoms with Crippen LogP contribution in [-0.2, 0) is 5.75 Å². The molecule has 0 amide bonds. The van der Waals surface area contributed by atoms with E-state index in [2.05, 4.69) is 52.1 Å². The SMILES string of the molecule is Cc1ccc(-c2nc(CSc3nnc(NC4CC4)s3)cs2)cc1. The van der Waals surface area contributed by atoms with E-state index in [-0.39, 0.29) is 0 Å². The van der Waals surface area contributed by atoms with Crippen LogP contribution >= 0.6 is 34.4 Å². The average Bonchev–Trinajstić information content (AvgIpc) is 3.07. The zero-order valence-corrected chi connectivity index (χ0v) is 15.1. The van der Waals surface area contributed by atoms with Crippen LogP contribution in [0.5, 0.6) is 0 Å². The smallest absolute Gasteiger partial charge is 0.206 e. The average molecular weight is 361 g/mol. The molecule has 0 bridgehead atoms. The second-order valence-corrected chi connectivity index (χ2v) is 8.65. The number of nitrogens with one attached hydrogen (secondary N) is 1. The highest BCUT2D eigenvalue weighted by molar-refractivity contribution is 8.00. The molecule has 1 aliphatic carbocycles. The molecule has 4 nitrogen and oxygen atoms in total. The first-order chi connectivity index (χ1) is 11.3. The molecule has 2 aromatic heterocycles. The van der Waals surface area contributed by atoms with Crippen molar-refractivity contribution in [3.8, 4) is 10.6 Å². The molecule has 7 heteroatoms. The van der Waals surface area contributed by atoms with Gasteiger partial charge in [-0.05, 0) is 19.8 Å². The molecule has 1 N–H and O–H groups in total. The standard InChI is InChI=1S/C16H16N4S3/c1-10-2-4-11(5-3-10)14-17-13(8-21-14)9-22-16-20-19-15(23-16)18-12-6-7-12/h2-5,8,12H,6-7,9H2,1H3,(H,18,19). The van der Waals surface area contributed by atoms with Crippen LogP contribution in [-0.4, -0.2) is 21.2 Å². The lowest BCUT2D eigenvalue weighted by molar-refractivity contribution is 0.994. The summed E-state index contributed by atoms with van der Waals surface area (Å²) in [7, 11) is 0. The molecule has 1 aliphatic rings. The maximum absolute atomic E-state index is 4.73. The summed E-state index contributed by atoms with van der Waals surface area (Å²) in [5.41, 5.74) is 3.55. The second kappa shape index (κ2) is 6.59. The van der Waals surface area contributed by atoms with Gasteiger partial charge in [0.1, 0.15) is 5.01 Å². The number of anilines is 1. The van der Waals surface area contributed by atoms with Gasteiger partial charge in [0.15, 0.2) is 4.34 Å². The minimum atomic E-state index is 0.622. The van der Waals surface area contributed by atoms with Crippen molar-refractivity contribution < 1.29 is 0 Å². The van der Waals surface area contributed by atoms with Gasteiger partial charge in [0.2, 0.25) is 5.13 Å². The number of benzene rings is 1. The van der Waals surface area contributed by atoms with Crippen LogP contribution in [0, 0.1) is 6.92 Å². The lowest BCUT2D eigenvalue weighted by atomic mass is 10.2. The number of nitrogens with zero attached hydrogens (tertiary/aromatic N) is 3. The van der Waals surface area contributed by atoms with Gasteiger partial charge in [0.25, 0.3) is 0 Å². The Kier molecular flexibility index (Phi) is 4.33. The van der Waals surface area contributed by atoms with Gasteiger partial charge in [-0.2, -0.15) is 0 Å². The molecule has 118 valence electrons. The van der Waals surface area contributed by atoms with E-state index >= 15 is 0 Å². The summed E-state index contributed by atoms with van der Waals surface area (Å²) in [6.45, 7) is 2.10. The molecule has 3 aromatic rings. The summed E-state index contributed by atoms with van der Waals surface area (Å²) in [5, 5.41) is 16.0. The van der Waals surface area contributed by atoms with Crippen LogP contribution in [0.4, 0.5) is 5.13 Å². The number of thioether (sulfide) groups is 1. The van der Waals surface area contributed by atoms with E-state index < -0.39 is 0 Å². The fraction of sp³-hybridized carbons (Fsp3) is 0.312. The van der Waals surface area contributed by atoms with E-state index in [0.29, 0.717) is 6.04 Å². The third kappa shape index (κ3) is 3.91. The Morgan fingerprint density at radius 2 is 2.04 bits per heavy atom. The molecule has 1 saturated carbocycles. The van der Waals surface area contributed by atoms with Gasteiger partial charge in [-0.15, -0.1) is 21.5 Å². The molecular formula is C16H16N4S3.